The Kier molecular flexibility index (Phi) is 7.82. The number of halogens is 2. The molecule has 168 valence electrons. The van der Waals surface area contributed by atoms with Gasteiger partial charge in [0, 0.05) is 11.0 Å². The second-order valence-corrected chi connectivity index (χ2v) is 10.4. The number of amides is 1. The first-order chi connectivity index (χ1) is 15.1. The van der Waals surface area contributed by atoms with Gasteiger partial charge in [0.2, 0.25) is 15.9 Å². The Bertz CT molecular complexity index is 1170. The van der Waals surface area contributed by atoms with Crippen molar-refractivity contribution in [2.45, 2.75) is 31.3 Å². The molecule has 5 nitrogen and oxygen atoms in total. The summed E-state index contributed by atoms with van der Waals surface area (Å²) in [7, 11) is -3.95. The molecule has 8 heteroatoms. The van der Waals surface area contributed by atoms with Gasteiger partial charge in [-0.15, -0.1) is 0 Å². The number of benzene rings is 3. The number of hydrogen-bond acceptors (Lipinski definition) is 3. The molecule has 1 atom stereocenters. The number of sulfonamides is 1. The van der Waals surface area contributed by atoms with E-state index in [1.165, 1.54) is 36.4 Å². The van der Waals surface area contributed by atoms with Crippen LogP contribution >= 0.6 is 15.9 Å². The van der Waals surface area contributed by atoms with E-state index in [2.05, 4.69) is 21.2 Å². The van der Waals surface area contributed by atoms with Crippen LogP contribution < -0.4 is 5.32 Å². The van der Waals surface area contributed by atoms with Crippen LogP contribution in [-0.2, 0) is 21.4 Å². The van der Waals surface area contributed by atoms with Crippen molar-refractivity contribution in [3.8, 4) is 0 Å². The number of nitrogens with zero attached hydrogens (tertiary/aromatic N) is 1. The third-order valence-corrected chi connectivity index (χ3v) is 7.33. The minimum absolute atomic E-state index is 0.0590. The van der Waals surface area contributed by atoms with E-state index in [0.717, 1.165) is 19.9 Å². The number of carbonyl (C=O) groups is 1. The first-order valence-electron chi connectivity index (χ1n) is 10.0. The molecule has 0 bridgehead atoms. The number of carbonyl (C=O) groups excluding carboxylic acids is 1. The van der Waals surface area contributed by atoms with Crippen LogP contribution in [0.1, 0.15) is 29.7 Å². The maximum absolute atomic E-state index is 13.3. The summed E-state index contributed by atoms with van der Waals surface area (Å²) in [6.07, 6.45) is 0. The zero-order valence-corrected chi connectivity index (χ0v) is 20.2. The highest BCUT2D eigenvalue weighted by molar-refractivity contribution is 9.10. The average molecular weight is 519 g/mol. The highest BCUT2D eigenvalue weighted by Crippen LogP contribution is 2.20. The summed E-state index contributed by atoms with van der Waals surface area (Å²) >= 11 is 3.38. The monoisotopic (exact) mass is 518 g/mol. The smallest absolute Gasteiger partial charge is 0.243 e. The van der Waals surface area contributed by atoms with Gasteiger partial charge < -0.3 is 5.32 Å². The van der Waals surface area contributed by atoms with E-state index in [9.17, 15) is 17.6 Å². The summed E-state index contributed by atoms with van der Waals surface area (Å²) in [5, 5.41) is 2.85. The van der Waals surface area contributed by atoms with Crippen LogP contribution in [0.4, 0.5) is 4.39 Å². The number of nitrogens with one attached hydrogen (secondary N) is 1. The van der Waals surface area contributed by atoms with E-state index in [0.29, 0.717) is 5.56 Å². The minimum Gasteiger partial charge on any atom is -0.348 e. The molecule has 1 N–H and O–H groups in total. The Hall–Kier alpha value is -2.55. The normalized spacial score (nSPS) is 12.5. The fourth-order valence-electron chi connectivity index (χ4n) is 3.16. The second kappa shape index (κ2) is 10.4. The third-order valence-electron chi connectivity index (χ3n) is 5.00. The molecule has 0 aliphatic rings. The summed E-state index contributed by atoms with van der Waals surface area (Å²) in [5.74, 6) is -0.846. The Morgan fingerprint density at radius 2 is 1.59 bits per heavy atom. The fourth-order valence-corrected chi connectivity index (χ4v) is 4.81. The van der Waals surface area contributed by atoms with Crippen molar-refractivity contribution in [1.29, 1.82) is 0 Å². The third kappa shape index (κ3) is 6.25. The molecule has 0 heterocycles. The van der Waals surface area contributed by atoms with Crippen LogP contribution in [0.2, 0.25) is 0 Å². The Labute approximate surface area is 196 Å². The highest BCUT2D eigenvalue weighted by Gasteiger charge is 2.27. The molecule has 0 saturated heterocycles. The predicted molar refractivity (Wildman–Crippen MR) is 126 cm³/mol. The zero-order chi connectivity index (χ0) is 23.3. The Morgan fingerprint density at radius 3 is 2.19 bits per heavy atom. The van der Waals surface area contributed by atoms with Gasteiger partial charge in [0.05, 0.1) is 17.5 Å². The molecule has 0 aliphatic carbocycles. The van der Waals surface area contributed by atoms with Crippen molar-refractivity contribution >= 4 is 31.9 Å². The van der Waals surface area contributed by atoms with Crippen molar-refractivity contribution in [3.05, 3.63) is 99.8 Å². The van der Waals surface area contributed by atoms with Crippen molar-refractivity contribution in [2.75, 3.05) is 6.54 Å². The van der Waals surface area contributed by atoms with Crippen molar-refractivity contribution in [2.24, 2.45) is 0 Å². The summed E-state index contributed by atoms with van der Waals surface area (Å²) < 4.78 is 42.0. The van der Waals surface area contributed by atoms with Crippen LogP contribution in [0.25, 0.3) is 0 Å². The standard InChI is InChI=1S/C24H24BrFN2O3S/c1-17-3-13-23(14-4-17)32(30,31)28(15-19-5-11-22(26)12-6-19)16-24(29)27-18(2)20-7-9-21(25)10-8-20/h3-14,18H,15-16H2,1-2H3,(H,27,29)/t18-/m0/s1. The van der Waals surface area contributed by atoms with Crippen LogP contribution in [0.15, 0.2) is 82.2 Å². The molecule has 3 aromatic rings. The molecule has 0 aliphatic heterocycles. The van der Waals surface area contributed by atoms with Crippen molar-refractivity contribution in [3.63, 3.8) is 0 Å². The van der Waals surface area contributed by atoms with E-state index in [-0.39, 0.29) is 24.0 Å². The maximum atomic E-state index is 13.3. The Balaban J connectivity index is 1.82. The molecule has 32 heavy (non-hydrogen) atoms. The van der Waals surface area contributed by atoms with Gasteiger partial charge in [0.25, 0.3) is 0 Å². The molecular weight excluding hydrogens is 495 g/mol. The molecule has 3 rings (SSSR count). The van der Waals surface area contributed by atoms with Gasteiger partial charge in [0.15, 0.2) is 0 Å². The van der Waals surface area contributed by atoms with Crippen LogP contribution in [0.3, 0.4) is 0 Å². The lowest BCUT2D eigenvalue weighted by Crippen LogP contribution is -2.41. The fraction of sp³-hybridized carbons (Fsp3) is 0.208. The molecule has 0 saturated carbocycles. The molecule has 0 fully saturated rings. The first-order valence-corrected chi connectivity index (χ1v) is 12.2. The van der Waals surface area contributed by atoms with Gasteiger partial charge in [0.1, 0.15) is 5.82 Å². The van der Waals surface area contributed by atoms with Gasteiger partial charge in [-0.2, -0.15) is 4.31 Å². The lowest BCUT2D eigenvalue weighted by molar-refractivity contribution is -0.122. The molecule has 0 spiro atoms. The van der Waals surface area contributed by atoms with Crippen LogP contribution in [-0.4, -0.2) is 25.2 Å². The second-order valence-electron chi connectivity index (χ2n) is 7.55. The number of aryl methyl sites for hydroxylation is 1. The zero-order valence-electron chi connectivity index (χ0n) is 17.8. The van der Waals surface area contributed by atoms with Crippen molar-refractivity contribution < 1.29 is 17.6 Å². The predicted octanol–water partition coefficient (Wildman–Crippen LogP) is 4.96. The minimum atomic E-state index is -3.95. The summed E-state index contributed by atoms with van der Waals surface area (Å²) in [6.45, 7) is 3.27. The van der Waals surface area contributed by atoms with Gasteiger partial charge >= 0.3 is 0 Å². The lowest BCUT2D eigenvalue weighted by Gasteiger charge is -2.23. The quantitative estimate of drug-likeness (QED) is 0.458. The topological polar surface area (TPSA) is 66.5 Å². The van der Waals surface area contributed by atoms with E-state index in [1.807, 2.05) is 38.1 Å². The summed E-state index contributed by atoms with van der Waals surface area (Å²) in [4.78, 5) is 12.9. The molecule has 0 aromatic heterocycles. The van der Waals surface area contributed by atoms with Gasteiger partial charge in [-0.1, -0.05) is 57.9 Å². The molecular formula is C24H24BrFN2O3S. The molecule has 3 aromatic carbocycles. The summed E-state index contributed by atoms with van der Waals surface area (Å²) in [5.41, 5.74) is 2.40. The Morgan fingerprint density at radius 1 is 1.00 bits per heavy atom. The van der Waals surface area contributed by atoms with Crippen LogP contribution in [0.5, 0.6) is 0 Å². The maximum Gasteiger partial charge on any atom is 0.243 e. The summed E-state index contributed by atoms with van der Waals surface area (Å²) in [6, 6.07) is 19.2. The van der Waals surface area contributed by atoms with Crippen molar-refractivity contribution in [1.82, 2.24) is 9.62 Å². The lowest BCUT2D eigenvalue weighted by atomic mass is 10.1. The van der Waals surface area contributed by atoms with E-state index < -0.39 is 21.7 Å². The molecule has 0 radical (unpaired) electrons. The largest absolute Gasteiger partial charge is 0.348 e. The van der Waals surface area contributed by atoms with Crippen LogP contribution in [0, 0.1) is 12.7 Å². The van der Waals surface area contributed by atoms with E-state index in [1.54, 1.807) is 12.1 Å². The van der Waals surface area contributed by atoms with Gasteiger partial charge in [-0.3, -0.25) is 4.79 Å². The molecule has 0 unspecified atom stereocenters. The van der Waals surface area contributed by atoms with E-state index in [4.69, 9.17) is 0 Å². The number of hydrogen-bond donors (Lipinski definition) is 1. The highest BCUT2D eigenvalue weighted by atomic mass is 79.9. The number of rotatable bonds is 8. The SMILES string of the molecule is Cc1ccc(S(=O)(=O)N(CC(=O)N[C@@H](C)c2ccc(Br)cc2)Cc2ccc(F)cc2)cc1. The molecule has 1 amide bonds. The average Bonchev–Trinajstić information content (AvgIpc) is 2.75. The van der Waals surface area contributed by atoms with Gasteiger partial charge in [-0.25, -0.2) is 12.8 Å². The van der Waals surface area contributed by atoms with E-state index >= 15 is 0 Å². The van der Waals surface area contributed by atoms with Gasteiger partial charge in [-0.05, 0) is 61.4 Å². The first kappa shape index (κ1) is 24.1.